The quantitative estimate of drug-likeness (QED) is 0.578. The molecule has 2 aromatic rings. The van der Waals surface area contributed by atoms with Gasteiger partial charge in [0, 0.05) is 30.3 Å². The summed E-state index contributed by atoms with van der Waals surface area (Å²) in [6, 6.07) is 9.82. The normalized spacial score (nSPS) is 25.7. The molecule has 1 amide bonds. The lowest BCUT2D eigenvalue weighted by Crippen LogP contribution is -2.43. The van der Waals surface area contributed by atoms with Gasteiger partial charge in [-0.25, -0.2) is 0 Å². The van der Waals surface area contributed by atoms with Crippen molar-refractivity contribution in [3.63, 3.8) is 0 Å². The second-order valence-electron chi connectivity index (χ2n) is 7.81. The van der Waals surface area contributed by atoms with Crippen LogP contribution < -0.4 is 5.56 Å². The van der Waals surface area contributed by atoms with Gasteiger partial charge in [0.25, 0.3) is 12.0 Å². The lowest BCUT2D eigenvalue weighted by molar-refractivity contribution is -0.130. The van der Waals surface area contributed by atoms with E-state index in [1.54, 1.807) is 6.92 Å². The van der Waals surface area contributed by atoms with Crippen LogP contribution in [0, 0.1) is 18.8 Å². The summed E-state index contributed by atoms with van der Waals surface area (Å²) in [5, 5.41) is 23.6. The number of hydrogen-bond donors (Lipinski definition) is 4. The predicted octanol–water partition coefficient (Wildman–Crippen LogP) is 1.40. The van der Waals surface area contributed by atoms with E-state index in [1.807, 2.05) is 35.2 Å². The highest BCUT2D eigenvalue weighted by molar-refractivity contribution is 5.79. The first-order chi connectivity index (χ1) is 13.9. The van der Waals surface area contributed by atoms with Gasteiger partial charge in [0.15, 0.2) is 0 Å². The van der Waals surface area contributed by atoms with Crippen LogP contribution in [0.5, 0.6) is 0 Å². The molecule has 2 heterocycles. The molecule has 1 aromatic heterocycles. The third-order valence-corrected chi connectivity index (χ3v) is 6.23. The molecule has 1 aliphatic carbocycles. The van der Waals surface area contributed by atoms with E-state index in [1.165, 1.54) is 0 Å². The average molecular weight is 401 g/mol. The zero-order valence-electron chi connectivity index (χ0n) is 16.4. The Hall–Kier alpha value is -2.87. The van der Waals surface area contributed by atoms with Gasteiger partial charge in [0.1, 0.15) is 0 Å². The summed E-state index contributed by atoms with van der Waals surface area (Å²) in [4.78, 5) is 34.8. The Kier molecular flexibility index (Phi) is 6.22. The number of benzene rings is 1. The van der Waals surface area contributed by atoms with Crippen LogP contribution in [0.3, 0.4) is 0 Å². The maximum Gasteiger partial charge on any atom is 0.290 e. The molecule has 0 unspecified atom stereocenters. The molecule has 8 nitrogen and oxygen atoms in total. The molecular formula is C21H27N3O5. The van der Waals surface area contributed by atoms with Crippen molar-refractivity contribution in [2.45, 2.75) is 38.2 Å². The third-order valence-electron chi connectivity index (χ3n) is 6.23. The lowest BCUT2D eigenvalue weighted by Gasteiger charge is -2.41. The topological polar surface area (TPSA) is 126 Å². The second-order valence-corrected chi connectivity index (χ2v) is 7.81. The number of hydrogen-bond acceptors (Lipinski definition) is 4. The highest BCUT2D eigenvalue weighted by Gasteiger charge is 2.50. The number of fused-ring (bicyclic) bond motifs is 1. The fourth-order valence-corrected chi connectivity index (χ4v) is 4.76. The van der Waals surface area contributed by atoms with Crippen LogP contribution in [0.2, 0.25) is 0 Å². The number of nitrogens with zero attached hydrogens (tertiary/aromatic N) is 1. The second kappa shape index (κ2) is 8.65. The molecule has 2 fully saturated rings. The van der Waals surface area contributed by atoms with Crippen molar-refractivity contribution in [2.75, 3.05) is 13.1 Å². The van der Waals surface area contributed by atoms with Gasteiger partial charge in [-0.1, -0.05) is 30.3 Å². The van der Waals surface area contributed by atoms with Gasteiger partial charge in [0.05, 0.1) is 12.0 Å². The Labute approximate surface area is 168 Å². The maximum atomic E-state index is 12.8. The standard InChI is InChI=1S/C20H25N3O3.CH2O2/c1-13-16(19(25)22-21-13)10-18(24)23-11-14-6-5-9-20(26,17(14)12-23)15-7-3-2-4-8-15;2-1-3/h2-4,7-8,14,17,26H,5-6,9-12H2,1H3,(H2,21,22,25);1H,(H,2,3)/t14-,17+,20+;/m0./s1. The van der Waals surface area contributed by atoms with E-state index in [4.69, 9.17) is 9.90 Å². The van der Waals surface area contributed by atoms with E-state index >= 15 is 0 Å². The maximum absolute atomic E-state index is 12.8. The molecule has 0 bridgehead atoms. The molecule has 3 atom stereocenters. The van der Waals surface area contributed by atoms with Gasteiger partial charge in [-0.2, -0.15) is 0 Å². The Bertz CT molecular complexity index is 907. The SMILES string of the molecule is Cc1[nH][nH]c(=O)c1CC(=O)N1C[C@@H]2CCC[C@@](O)(c3ccccc3)[C@@H]2C1.O=CO. The summed E-state index contributed by atoms with van der Waals surface area (Å²) in [6.07, 6.45) is 2.84. The van der Waals surface area contributed by atoms with Crippen molar-refractivity contribution < 1.29 is 19.8 Å². The van der Waals surface area contributed by atoms with Crippen LogP contribution in [0.1, 0.15) is 36.1 Å². The van der Waals surface area contributed by atoms with Crippen molar-refractivity contribution >= 4 is 12.4 Å². The Balaban J connectivity index is 0.000000755. The van der Waals surface area contributed by atoms with Crippen molar-refractivity contribution in [3.8, 4) is 0 Å². The fraction of sp³-hybridized carbons (Fsp3) is 0.476. The predicted molar refractivity (Wildman–Crippen MR) is 106 cm³/mol. The molecule has 2 aliphatic rings. The average Bonchev–Trinajstić information content (AvgIpc) is 3.29. The monoisotopic (exact) mass is 401 g/mol. The summed E-state index contributed by atoms with van der Waals surface area (Å²) >= 11 is 0. The molecule has 8 heteroatoms. The number of rotatable bonds is 3. The van der Waals surface area contributed by atoms with Crippen molar-refractivity contribution in [1.82, 2.24) is 15.1 Å². The number of likely N-dealkylation sites (tertiary alicyclic amines) is 1. The van der Waals surface area contributed by atoms with Crippen LogP contribution in [0.15, 0.2) is 35.1 Å². The number of aliphatic hydroxyl groups is 1. The van der Waals surface area contributed by atoms with Crippen LogP contribution in [-0.2, 0) is 21.6 Å². The molecule has 1 saturated carbocycles. The number of carbonyl (C=O) groups is 2. The number of amides is 1. The minimum Gasteiger partial charge on any atom is -0.483 e. The molecule has 1 aliphatic heterocycles. The summed E-state index contributed by atoms with van der Waals surface area (Å²) in [5.41, 5.74) is 1.06. The highest BCUT2D eigenvalue weighted by Crippen LogP contribution is 2.48. The first kappa shape index (κ1) is 20.9. The van der Waals surface area contributed by atoms with Gasteiger partial charge in [-0.05, 0) is 37.7 Å². The van der Waals surface area contributed by atoms with Gasteiger partial charge in [-0.3, -0.25) is 19.5 Å². The van der Waals surface area contributed by atoms with E-state index in [-0.39, 0.29) is 30.3 Å². The van der Waals surface area contributed by atoms with E-state index in [0.717, 1.165) is 24.8 Å². The fourth-order valence-electron chi connectivity index (χ4n) is 4.76. The van der Waals surface area contributed by atoms with Crippen LogP contribution >= 0.6 is 0 Å². The molecule has 0 spiro atoms. The number of carboxylic acid groups (broad SMARTS) is 1. The van der Waals surface area contributed by atoms with Crippen LogP contribution in [0.25, 0.3) is 0 Å². The summed E-state index contributed by atoms with van der Waals surface area (Å²) in [6.45, 7) is 2.76. The highest BCUT2D eigenvalue weighted by atomic mass is 16.3. The van der Waals surface area contributed by atoms with Gasteiger partial charge < -0.3 is 20.2 Å². The number of aromatic nitrogens is 2. The minimum absolute atomic E-state index is 0.0389. The Morgan fingerprint density at radius 2 is 1.97 bits per heavy atom. The van der Waals surface area contributed by atoms with Crippen LogP contribution in [-0.4, -0.2) is 50.8 Å². The minimum atomic E-state index is -0.874. The van der Waals surface area contributed by atoms with E-state index in [9.17, 15) is 14.7 Å². The van der Waals surface area contributed by atoms with Crippen molar-refractivity contribution in [2.24, 2.45) is 11.8 Å². The molecule has 4 N–H and O–H groups in total. The third kappa shape index (κ3) is 4.12. The first-order valence-electron chi connectivity index (χ1n) is 9.80. The van der Waals surface area contributed by atoms with E-state index in [2.05, 4.69) is 10.2 Å². The van der Waals surface area contributed by atoms with E-state index in [0.29, 0.717) is 30.3 Å². The zero-order valence-corrected chi connectivity index (χ0v) is 16.4. The number of aryl methyl sites for hydroxylation is 1. The van der Waals surface area contributed by atoms with Gasteiger partial charge in [-0.15, -0.1) is 0 Å². The zero-order chi connectivity index (χ0) is 21.0. The number of aromatic amines is 2. The molecular weight excluding hydrogens is 374 g/mol. The first-order valence-corrected chi connectivity index (χ1v) is 9.80. The summed E-state index contributed by atoms with van der Waals surface area (Å²) in [7, 11) is 0. The molecule has 0 radical (unpaired) electrons. The lowest BCUT2D eigenvalue weighted by atomic mass is 9.67. The van der Waals surface area contributed by atoms with Gasteiger partial charge >= 0.3 is 0 Å². The largest absolute Gasteiger partial charge is 0.483 e. The molecule has 156 valence electrons. The van der Waals surface area contributed by atoms with Crippen molar-refractivity contribution in [1.29, 1.82) is 0 Å². The smallest absolute Gasteiger partial charge is 0.290 e. The number of carbonyl (C=O) groups excluding carboxylic acids is 1. The summed E-state index contributed by atoms with van der Waals surface area (Å²) < 4.78 is 0. The number of H-pyrrole nitrogens is 2. The van der Waals surface area contributed by atoms with E-state index < -0.39 is 5.60 Å². The molecule has 29 heavy (non-hydrogen) atoms. The molecule has 1 saturated heterocycles. The van der Waals surface area contributed by atoms with Crippen molar-refractivity contribution in [3.05, 3.63) is 57.5 Å². The molecule has 1 aromatic carbocycles. The Morgan fingerprint density at radius 1 is 1.28 bits per heavy atom. The Morgan fingerprint density at radius 3 is 2.59 bits per heavy atom. The number of nitrogens with one attached hydrogen (secondary N) is 2. The van der Waals surface area contributed by atoms with Gasteiger partial charge in [0.2, 0.25) is 5.91 Å². The van der Waals surface area contributed by atoms with Crippen LogP contribution in [0.4, 0.5) is 0 Å². The molecule has 4 rings (SSSR count). The summed E-state index contributed by atoms with van der Waals surface area (Å²) in [5.74, 6) is 0.319.